The largest absolute Gasteiger partial charge is 0.416 e. The predicted octanol–water partition coefficient (Wildman–Crippen LogP) is 3.33. The van der Waals surface area contributed by atoms with Crippen LogP contribution in [0.15, 0.2) is 16.6 Å². The van der Waals surface area contributed by atoms with Gasteiger partial charge < -0.3 is 5.32 Å². The van der Waals surface area contributed by atoms with Crippen LogP contribution in [0.25, 0.3) is 0 Å². The van der Waals surface area contributed by atoms with Crippen LogP contribution in [-0.4, -0.2) is 7.05 Å². The molecule has 0 aliphatic heterocycles. The molecule has 0 radical (unpaired) electrons. The molecule has 1 aromatic carbocycles. The lowest BCUT2D eigenvalue weighted by atomic mass is 10.1. The van der Waals surface area contributed by atoms with Gasteiger partial charge in [-0.2, -0.15) is 13.2 Å². The molecule has 1 rings (SSSR count). The zero-order valence-corrected chi connectivity index (χ0v) is 9.34. The van der Waals surface area contributed by atoms with Gasteiger partial charge in [-0.15, -0.1) is 0 Å². The maximum Gasteiger partial charge on any atom is 0.416 e. The monoisotopic (exact) mass is 285 g/mol. The summed E-state index contributed by atoms with van der Waals surface area (Å²) >= 11 is 2.91. The van der Waals surface area contributed by atoms with E-state index in [-0.39, 0.29) is 16.6 Å². The molecule has 15 heavy (non-hydrogen) atoms. The summed E-state index contributed by atoms with van der Waals surface area (Å²) in [5.74, 6) is -0.908. The first-order valence-electron chi connectivity index (χ1n) is 4.06. The Kier molecular flexibility index (Phi) is 3.72. The Balaban J connectivity index is 3.33. The van der Waals surface area contributed by atoms with Crippen LogP contribution < -0.4 is 5.32 Å². The molecule has 0 spiro atoms. The summed E-state index contributed by atoms with van der Waals surface area (Å²) in [7, 11) is 1.52. The van der Waals surface area contributed by atoms with Gasteiger partial charge in [-0.3, -0.25) is 0 Å². The van der Waals surface area contributed by atoms with Gasteiger partial charge in [-0.05, 0) is 24.7 Å². The fourth-order valence-corrected chi connectivity index (χ4v) is 1.79. The summed E-state index contributed by atoms with van der Waals surface area (Å²) in [6, 6.07) is 1.51. The Labute approximate surface area is 92.6 Å². The molecule has 0 amide bonds. The summed E-state index contributed by atoms with van der Waals surface area (Å²) in [4.78, 5) is 0. The van der Waals surface area contributed by atoms with Crippen molar-refractivity contribution in [2.75, 3.05) is 7.05 Å². The molecule has 0 aromatic heterocycles. The fourth-order valence-electron chi connectivity index (χ4n) is 1.21. The van der Waals surface area contributed by atoms with Crippen molar-refractivity contribution in [3.63, 3.8) is 0 Å². The molecular weight excluding hydrogens is 278 g/mol. The second kappa shape index (κ2) is 4.49. The Hall–Kier alpha value is -0.620. The fraction of sp³-hybridized carbons (Fsp3) is 0.333. The van der Waals surface area contributed by atoms with E-state index in [1.165, 1.54) is 7.05 Å². The molecule has 1 aromatic rings. The van der Waals surface area contributed by atoms with Crippen molar-refractivity contribution in [3.8, 4) is 0 Å². The molecule has 1 nitrogen and oxygen atoms in total. The topological polar surface area (TPSA) is 12.0 Å². The Bertz CT molecular complexity index is 362. The van der Waals surface area contributed by atoms with Gasteiger partial charge >= 0.3 is 6.18 Å². The number of hydrogen-bond donors (Lipinski definition) is 1. The number of hydrogen-bond acceptors (Lipinski definition) is 1. The van der Waals surface area contributed by atoms with Gasteiger partial charge in [0.2, 0.25) is 0 Å². The van der Waals surface area contributed by atoms with Gasteiger partial charge in [0.15, 0.2) is 0 Å². The summed E-state index contributed by atoms with van der Waals surface area (Å²) in [6.45, 7) is 0.0235. The van der Waals surface area contributed by atoms with Crippen LogP contribution in [0.2, 0.25) is 0 Å². The Morgan fingerprint density at radius 2 is 1.93 bits per heavy atom. The standard InChI is InChI=1S/C9H8BrF4N/c1-15-4-6-7(9(12,13)14)2-5(11)3-8(6)10/h2-3,15H,4H2,1H3. The van der Waals surface area contributed by atoms with Crippen molar-refractivity contribution in [2.24, 2.45) is 0 Å². The average Bonchev–Trinajstić information content (AvgIpc) is 2.07. The summed E-state index contributed by atoms with van der Waals surface area (Å²) < 4.78 is 50.5. The minimum atomic E-state index is -4.54. The van der Waals surface area contributed by atoms with E-state index in [1.807, 2.05) is 0 Å². The molecule has 6 heteroatoms. The first-order valence-corrected chi connectivity index (χ1v) is 4.85. The molecule has 1 N–H and O–H groups in total. The van der Waals surface area contributed by atoms with Gasteiger partial charge in [0.25, 0.3) is 0 Å². The number of rotatable bonds is 2. The van der Waals surface area contributed by atoms with Crippen LogP contribution in [0.1, 0.15) is 11.1 Å². The highest BCUT2D eigenvalue weighted by Gasteiger charge is 2.34. The molecule has 0 aliphatic carbocycles. The van der Waals surface area contributed by atoms with E-state index >= 15 is 0 Å². The highest BCUT2D eigenvalue weighted by atomic mass is 79.9. The summed E-state index contributed by atoms with van der Waals surface area (Å²) in [6.07, 6.45) is -4.54. The van der Waals surface area contributed by atoms with E-state index in [0.29, 0.717) is 6.07 Å². The zero-order valence-electron chi connectivity index (χ0n) is 7.75. The first-order chi connectivity index (χ1) is 6.86. The lowest BCUT2D eigenvalue weighted by Gasteiger charge is -2.14. The average molecular weight is 286 g/mol. The molecule has 0 bridgehead atoms. The van der Waals surface area contributed by atoms with E-state index in [4.69, 9.17) is 0 Å². The molecule has 0 unspecified atom stereocenters. The molecule has 0 saturated heterocycles. The van der Waals surface area contributed by atoms with Crippen molar-refractivity contribution in [2.45, 2.75) is 12.7 Å². The quantitative estimate of drug-likeness (QED) is 0.822. The van der Waals surface area contributed by atoms with Crippen LogP contribution in [-0.2, 0) is 12.7 Å². The van der Waals surface area contributed by atoms with Gasteiger partial charge in [0, 0.05) is 11.0 Å². The highest BCUT2D eigenvalue weighted by molar-refractivity contribution is 9.10. The zero-order chi connectivity index (χ0) is 11.6. The van der Waals surface area contributed by atoms with Crippen LogP contribution in [0.3, 0.4) is 0 Å². The minimum absolute atomic E-state index is 0.00593. The van der Waals surface area contributed by atoms with Crippen LogP contribution in [0.5, 0.6) is 0 Å². The second-order valence-corrected chi connectivity index (χ2v) is 3.80. The van der Waals surface area contributed by atoms with Crippen molar-refractivity contribution >= 4 is 15.9 Å². The minimum Gasteiger partial charge on any atom is -0.316 e. The lowest BCUT2D eigenvalue weighted by molar-refractivity contribution is -0.138. The second-order valence-electron chi connectivity index (χ2n) is 2.94. The summed E-state index contributed by atoms with van der Waals surface area (Å²) in [5.41, 5.74) is -0.949. The molecular formula is C9H8BrF4N. The van der Waals surface area contributed by atoms with Crippen molar-refractivity contribution in [1.82, 2.24) is 5.32 Å². The molecule has 0 heterocycles. The van der Waals surface area contributed by atoms with Gasteiger partial charge in [-0.25, -0.2) is 4.39 Å². The molecule has 0 saturated carbocycles. The van der Waals surface area contributed by atoms with Crippen molar-refractivity contribution in [3.05, 3.63) is 33.5 Å². The highest BCUT2D eigenvalue weighted by Crippen LogP contribution is 2.35. The van der Waals surface area contributed by atoms with Crippen molar-refractivity contribution < 1.29 is 17.6 Å². The Morgan fingerprint density at radius 3 is 2.40 bits per heavy atom. The predicted molar refractivity (Wildman–Crippen MR) is 51.9 cm³/mol. The van der Waals surface area contributed by atoms with E-state index < -0.39 is 17.6 Å². The van der Waals surface area contributed by atoms with Gasteiger partial charge in [0.1, 0.15) is 5.82 Å². The molecule has 0 aliphatic rings. The van der Waals surface area contributed by atoms with Gasteiger partial charge in [-0.1, -0.05) is 15.9 Å². The Morgan fingerprint density at radius 1 is 1.33 bits per heavy atom. The number of benzene rings is 1. The van der Waals surface area contributed by atoms with E-state index in [9.17, 15) is 17.6 Å². The smallest absolute Gasteiger partial charge is 0.316 e. The van der Waals surface area contributed by atoms with E-state index in [2.05, 4.69) is 21.2 Å². The normalized spacial score (nSPS) is 11.9. The van der Waals surface area contributed by atoms with Gasteiger partial charge in [0.05, 0.1) is 5.56 Å². The summed E-state index contributed by atoms with van der Waals surface area (Å²) in [5, 5.41) is 2.60. The van der Waals surface area contributed by atoms with Crippen molar-refractivity contribution in [1.29, 1.82) is 0 Å². The first kappa shape index (κ1) is 12.4. The van der Waals surface area contributed by atoms with Crippen LogP contribution in [0.4, 0.5) is 17.6 Å². The third-order valence-corrected chi connectivity index (χ3v) is 2.53. The molecule has 84 valence electrons. The lowest BCUT2D eigenvalue weighted by Crippen LogP contribution is -2.15. The molecule has 0 atom stereocenters. The third kappa shape index (κ3) is 2.92. The maximum absolute atomic E-state index is 12.8. The number of halogens is 5. The SMILES string of the molecule is CNCc1c(Br)cc(F)cc1C(F)(F)F. The van der Waals surface area contributed by atoms with Crippen LogP contribution >= 0.6 is 15.9 Å². The molecule has 0 fully saturated rings. The third-order valence-electron chi connectivity index (χ3n) is 1.82. The van der Waals surface area contributed by atoms with Crippen LogP contribution in [0, 0.1) is 5.82 Å². The van der Waals surface area contributed by atoms with E-state index in [1.54, 1.807) is 0 Å². The van der Waals surface area contributed by atoms with E-state index in [0.717, 1.165) is 6.07 Å². The number of nitrogens with one attached hydrogen (secondary N) is 1. The number of alkyl halides is 3. The maximum atomic E-state index is 12.8.